The lowest BCUT2D eigenvalue weighted by molar-refractivity contribution is 0.170. The van der Waals surface area contributed by atoms with Crippen molar-refractivity contribution < 1.29 is 18.3 Å². The molecule has 1 aromatic carbocycles. The number of benzene rings is 1. The van der Waals surface area contributed by atoms with Crippen molar-refractivity contribution >= 4 is 54.8 Å². The third-order valence-electron chi connectivity index (χ3n) is 6.76. The van der Waals surface area contributed by atoms with Crippen LogP contribution in [0.25, 0.3) is 10.2 Å². The van der Waals surface area contributed by atoms with E-state index in [0.717, 1.165) is 41.8 Å². The van der Waals surface area contributed by atoms with E-state index in [1.807, 2.05) is 12.1 Å². The van der Waals surface area contributed by atoms with E-state index in [0.29, 0.717) is 55.2 Å². The number of aromatic nitrogens is 3. The number of piperazine rings is 1. The third kappa shape index (κ3) is 6.43. The van der Waals surface area contributed by atoms with E-state index >= 15 is 0 Å². The van der Waals surface area contributed by atoms with Crippen LogP contribution in [-0.2, 0) is 10.0 Å². The molecule has 3 aromatic rings. The Labute approximate surface area is 225 Å². The summed E-state index contributed by atoms with van der Waals surface area (Å²) in [7, 11) is -3.27. The zero-order chi connectivity index (χ0) is 25.8. The van der Waals surface area contributed by atoms with Gasteiger partial charge in [0.25, 0.3) is 5.19 Å². The van der Waals surface area contributed by atoms with Crippen molar-refractivity contribution in [2.24, 2.45) is 0 Å². The predicted octanol–water partition coefficient (Wildman–Crippen LogP) is 3.01. The third-order valence-corrected chi connectivity index (χ3v) is 9.82. The Morgan fingerprint density at radius 3 is 2.46 bits per heavy atom. The lowest BCUT2D eigenvalue weighted by atomic mass is 10.1. The predicted molar refractivity (Wildman–Crippen MR) is 146 cm³/mol. The molecule has 0 bridgehead atoms. The molecular formula is C24H31ClN6O4S2. The lowest BCUT2D eigenvalue weighted by Gasteiger charge is -2.35. The summed E-state index contributed by atoms with van der Waals surface area (Å²) >= 11 is 7.43. The fourth-order valence-electron chi connectivity index (χ4n) is 4.67. The molecule has 0 aliphatic carbocycles. The summed E-state index contributed by atoms with van der Waals surface area (Å²) in [5, 5.41) is 10.1. The number of anilines is 2. The number of aliphatic hydroxyl groups is 1. The molecule has 2 fully saturated rings. The average molecular weight is 567 g/mol. The highest BCUT2D eigenvalue weighted by atomic mass is 35.5. The second-order valence-electron chi connectivity index (χ2n) is 9.27. The first-order chi connectivity index (χ1) is 17.9. The van der Waals surface area contributed by atoms with Gasteiger partial charge in [-0.3, -0.25) is 0 Å². The molecular weight excluding hydrogens is 536 g/mol. The molecule has 4 heterocycles. The summed E-state index contributed by atoms with van der Waals surface area (Å²) in [5.41, 5.74) is 1.97. The highest BCUT2D eigenvalue weighted by Gasteiger charge is 2.27. The number of rotatable bonds is 9. The van der Waals surface area contributed by atoms with E-state index in [1.165, 1.54) is 0 Å². The number of unbranched alkanes of at least 4 members (excludes halogenated alkanes) is 1. The average Bonchev–Trinajstić information content (AvgIpc) is 3.31. The van der Waals surface area contributed by atoms with E-state index in [-0.39, 0.29) is 18.5 Å². The summed E-state index contributed by atoms with van der Waals surface area (Å²) in [4.78, 5) is 17.6. The maximum atomic E-state index is 12.5. The summed E-state index contributed by atoms with van der Waals surface area (Å²) < 4.78 is 33.9. The smallest absolute Gasteiger partial charge is 0.274 e. The number of ether oxygens (including phenoxy) is 1. The Morgan fingerprint density at radius 2 is 1.76 bits per heavy atom. The van der Waals surface area contributed by atoms with Gasteiger partial charge in [-0.2, -0.15) is 4.31 Å². The first kappa shape index (κ1) is 26.4. The Balaban J connectivity index is 1.15. The van der Waals surface area contributed by atoms with Crippen LogP contribution >= 0.6 is 22.9 Å². The van der Waals surface area contributed by atoms with Crippen LogP contribution in [-0.4, -0.2) is 90.5 Å². The maximum absolute atomic E-state index is 12.5. The van der Waals surface area contributed by atoms with Crippen molar-refractivity contribution in [1.29, 1.82) is 0 Å². The molecule has 200 valence electrons. The minimum atomic E-state index is -3.27. The number of thiazole rings is 1. The van der Waals surface area contributed by atoms with E-state index in [1.54, 1.807) is 28.0 Å². The van der Waals surface area contributed by atoms with E-state index in [4.69, 9.17) is 21.4 Å². The highest BCUT2D eigenvalue weighted by Crippen LogP contribution is 2.33. The van der Waals surface area contributed by atoms with E-state index in [2.05, 4.69) is 30.8 Å². The minimum Gasteiger partial charge on any atom is -0.467 e. The fourth-order valence-corrected chi connectivity index (χ4v) is 7.23. The number of hydrogen-bond donors (Lipinski definition) is 1. The molecule has 0 saturated carbocycles. The number of halogens is 1. The zero-order valence-corrected chi connectivity index (χ0v) is 22.9. The minimum absolute atomic E-state index is 0.0229. The van der Waals surface area contributed by atoms with Crippen molar-refractivity contribution in [2.45, 2.75) is 31.8 Å². The largest absolute Gasteiger partial charge is 0.467 e. The topological polar surface area (TPSA) is 112 Å². The van der Waals surface area contributed by atoms with Crippen molar-refractivity contribution in [3.63, 3.8) is 0 Å². The van der Waals surface area contributed by atoms with Crippen molar-refractivity contribution in [1.82, 2.24) is 19.3 Å². The molecule has 37 heavy (non-hydrogen) atoms. The van der Waals surface area contributed by atoms with Gasteiger partial charge in [0.05, 0.1) is 33.4 Å². The standard InChI is InChI=1S/C24H31ClN6O4S2/c25-18-16-26-23(27-17-18)30-7-5-20(6-8-30)35-24-28-21-4-3-19(15-22(21)36-24)29-9-11-31(12-10-29)37(33,34)14-2-1-13-32/h3-4,15-17,20,32H,1-2,5-14H2. The van der Waals surface area contributed by atoms with Crippen LogP contribution in [0.4, 0.5) is 11.6 Å². The number of aliphatic hydroxyl groups excluding tert-OH is 1. The van der Waals surface area contributed by atoms with Crippen LogP contribution in [0.15, 0.2) is 30.6 Å². The van der Waals surface area contributed by atoms with Crippen molar-refractivity contribution in [3.8, 4) is 5.19 Å². The first-order valence-corrected chi connectivity index (χ1v) is 15.3. The molecule has 0 spiro atoms. The Morgan fingerprint density at radius 1 is 1.03 bits per heavy atom. The van der Waals surface area contributed by atoms with Crippen molar-refractivity contribution in [3.05, 3.63) is 35.6 Å². The molecule has 2 aliphatic heterocycles. The summed E-state index contributed by atoms with van der Waals surface area (Å²) in [5.74, 6) is 0.785. The van der Waals surface area contributed by atoms with Crippen LogP contribution in [0, 0.1) is 0 Å². The zero-order valence-electron chi connectivity index (χ0n) is 20.5. The Bertz CT molecular complexity index is 1290. The van der Waals surface area contributed by atoms with Gasteiger partial charge in [0.2, 0.25) is 16.0 Å². The molecule has 2 aromatic heterocycles. The molecule has 1 N–H and O–H groups in total. The van der Waals surface area contributed by atoms with E-state index in [9.17, 15) is 8.42 Å². The molecule has 13 heteroatoms. The monoisotopic (exact) mass is 566 g/mol. The molecule has 0 atom stereocenters. The normalized spacial score (nSPS) is 18.0. The Hall–Kier alpha value is -2.25. The van der Waals surface area contributed by atoms with Crippen LogP contribution in [0.1, 0.15) is 25.7 Å². The molecule has 0 unspecified atom stereocenters. The molecule has 2 saturated heterocycles. The molecule has 5 rings (SSSR count). The number of fused-ring (bicyclic) bond motifs is 1. The first-order valence-electron chi connectivity index (χ1n) is 12.5. The van der Waals surface area contributed by atoms with Crippen LogP contribution in [0.5, 0.6) is 5.19 Å². The van der Waals surface area contributed by atoms with Crippen LogP contribution in [0.2, 0.25) is 5.02 Å². The number of sulfonamides is 1. The van der Waals surface area contributed by atoms with Gasteiger partial charge in [-0.05, 0) is 31.0 Å². The molecule has 0 radical (unpaired) electrons. The fraction of sp³-hybridized carbons (Fsp3) is 0.542. The van der Waals surface area contributed by atoms with E-state index < -0.39 is 10.0 Å². The number of piperidine rings is 1. The number of nitrogens with zero attached hydrogens (tertiary/aromatic N) is 6. The van der Waals surface area contributed by atoms with Crippen LogP contribution in [0.3, 0.4) is 0 Å². The highest BCUT2D eigenvalue weighted by molar-refractivity contribution is 7.89. The van der Waals surface area contributed by atoms with Gasteiger partial charge < -0.3 is 19.6 Å². The molecule has 10 nitrogen and oxygen atoms in total. The van der Waals surface area contributed by atoms with Gasteiger partial charge in [-0.1, -0.05) is 22.9 Å². The number of hydrogen-bond acceptors (Lipinski definition) is 10. The van der Waals surface area contributed by atoms with Gasteiger partial charge >= 0.3 is 0 Å². The maximum Gasteiger partial charge on any atom is 0.274 e. The summed E-state index contributed by atoms with van der Waals surface area (Å²) in [6.07, 6.45) is 6.05. The van der Waals surface area contributed by atoms with Gasteiger partial charge in [0, 0.05) is 64.4 Å². The van der Waals surface area contributed by atoms with Gasteiger partial charge in [-0.15, -0.1) is 0 Å². The molecule has 0 amide bonds. The quantitative estimate of drug-likeness (QED) is 0.391. The lowest BCUT2D eigenvalue weighted by Crippen LogP contribution is -2.49. The van der Waals surface area contributed by atoms with Crippen LogP contribution < -0.4 is 14.5 Å². The second-order valence-corrected chi connectivity index (χ2v) is 12.8. The van der Waals surface area contributed by atoms with Crippen molar-refractivity contribution in [2.75, 3.05) is 61.4 Å². The summed E-state index contributed by atoms with van der Waals surface area (Å²) in [6, 6.07) is 6.17. The van der Waals surface area contributed by atoms with Gasteiger partial charge in [0.15, 0.2) is 0 Å². The second kappa shape index (κ2) is 11.6. The van der Waals surface area contributed by atoms with Gasteiger partial charge in [0.1, 0.15) is 6.10 Å². The molecule has 2 aliphatic rings. The summed E-state index contributed by atoms with van der Waals surface area (Å²) in [6.45, 7) is 3.86. The van der Waals surface area contributed by atoms with Gasteiger partial charge in [-0.25, -0.2) is 23.4 Å². The Kier molecular flexibility index (Phi) is 8.30. The SMILES string of the molecule is O=S(=O)(CCCCO)N1CCN(c2ccc3nc(OC4CCN(c5ncc(Cl)cn5)CC4)sc3c2)CC1.